The maximum absolute atomic E-state index is 13.1. The third-order valence-electron chi connectivity index (χ3n) is 5.88. The van der Waals surface area contributed by atoms with Gasteiger partial charge in [0.05, 0.1) is 5.92 Å². The maximum atomic E-state index is 13.1. The van der Waals surface area contributed by atoms with Crippen LogP contribution >= 0.6 is 0 Å². The number of nitrogens with two attached hydrogens (primary N) is 1. The highest BCUT2D eigenvalue weighted by Crippen LogP contribution is 2.32. The molecule has 1 heterocycles. The highest BCUT2D eigenvalue weighted by atomic mass is 16.2. The monoisotopic (exact) mass is 351 g/mol. The normalized spacial score (nSPS) is 23.3. The van der Waals surface area contributed by atoms with Crippen LogP contribution in [0.4, 0.5) is 0 Å². The summed E-state index contributed by atoms with van der Waals surface area (Å²) in [7, 11) is 0. The summed E-state index contributed by atoms with van der Waals surface area (Å²) in [6.07, 6.45) is 11.5. The molecule has 2 fully saturated rings. The van der Waals surface area contributed by atoms with E-state index in [1.54, 1.807) is 0 Å². The van der Waals surface area contributed by atoms with Crippen molar-refractivity contribution < 1.29 is 9.59 Å². The molecule has 0 radical (unpaired) electrons. The first-order valence-corrected chi connectivity index (χ1v) is 10.4. The van der Waals surface area contributed by atoms with Crippen molar-refractivity contribution in [3.8, 4) is 0 Å². The van der Waals surface area contributed by atoms with E-state index in [0.717, 1.165) is 44.6 Å². The van der Waals surface area contributed by atoms with Gasteiger partial charge >= 0.3 is 0 Å². The van der Waals surface area contributed by atoms with Crippen LogP contribution in [0.15, 0.2) is 0 Å². The largest absolute Gasteiger partial charge is 0.355 e. The first-order valence-electron chi connectivity index (χ1n) is 10.4. The Morgan fingerprint density at radius 2 is 1.92 bits per heavy atom. The Morgan fingerprint density at radius 3 is 2.60 bits per heavy atom. The van der Waals surface area contributed by atoms with E-state index in [4.69, 9.17) is 5.73 Å². The van der Waals surface area contributed by atoms with Gasteiger partial charge in [-0.05, 0) is 31.6 Å². The summed E-state index contributed by atoms with van der Waals surface area (Å²) in [5.74, 6) is 1.16. The molecule has 2 unspecified atom stereocenters. The van der Waals surface area contributed by atoms with Crippen LogP contribution in [0.3, 0.4) is 0 Å². The predicted molar refractivity (Wildman–Crippen MR) is 101 cm³/mol. The molecule has 0 bridgehead atoms. The zero-order valence-corrected chi connectivity index (χ0v) is 16.0. The van der Waals surface area contributed by atoms with Crippen LogP contribution < -0.4 is 11.1 Å². The molecular formula is C20H37N3O2. The zero-order chi connectivity index (χ0) is 18.1. The number of piperidine rings is 1. The van der Waals surface area contributed by atoms with Crippen LogP contribution in [0.1, 0.15) is 71.1 Å². The molecule has 1 aliphatic heterocycles. The quantitative estimate of drug-likeness (QED) is 0.706. The Hall–Kier alpha value is -1.10. The highest BCUT2D eigenvalue weighted by Gasteiger charge is 2.32. The minimum Gasteiger partial charge on any atom is -0.355 e. The Bertz CT molecular complexity index is 421. The van der Waals surface area contributed by atoms with Gasteiger partial charge in [0.25, 0.3) is 0 Å². The van der Waals surface area contributed by atoms with E-state index in [1.807, 2.05) is 4.90 Å². The van der Waals surface area contributed by atoms with Crippen molar-refractivity contribution in [2.45, 2.75) is 71.1 Å². The molecule has 1 saturated heterocycles. The Kier molecular flexibility index (Phi) is 8.73. The molecule has 2 rings (SSSR count). The SMILES string of the molecule is CCCC(CC1CCCCC1)C(=O)N1CCCC(C(=O)NCCN)C1. The second kappa shape index (κ2) is 10.8. The van der Waals surface area contributed by atoms with Gasteiger partial charge in [-0.1, -0.05) is 45.4 Å². The molecule has 2 atom stereocenters. The lowest BCUT2D eigenvalue weighted by atomic mass is 9.81. The Morgan fingerprint density at radius 1 is 1.16 bits per heavy atom. The summed E-state index contributed by atoms with van der Waals surface area (Å²) in [6, 6.07) is 0. The van der Waals surface area contributed by atoms with E-state index in [0.29, 0.717) is 25.5 Å². The zero-order valence-electron chi connectivity index (χ0n) is 16.0. The fourth-order valence-corrected chi connectivity index (χ4v) is 4.51. The summed E-state index contributed by atoms with van der Waals surface area (Å²) >= 11 is 0. The summed E-state index contributed by atoms with van der Waals surface area (Å²) in [6.45, 7) is 4.54. The van der Waals surface area contributed by atoms with E-state index >= 15 is 0 Å². The lowest BCUT2D eigenvalue weighted by molar-refractivity contribution is -0.140. The standard InChI is InChI=1S/C20H37N3O2/c1-2-7-17(14-16-8-4-3-5-9-16)20(25)23-13-6-10-18(15-23)19(24)22-12-11-21/h16-18H,2-15,21H2,1H3,(H,22,24). The first kappa shape index (κ1) is 20.2. The molecule has 25 heavy (non-hydrogen) atoms. The predicted octanol–water partition coefficient (Wildman–Crippen LogP) is 2.69. The number of nitrogens with one attached hydrogen (secondary N) is 1. The van der Waals surface area contributed by atoms with Gasteiger partial charge in [0.15, 0.2) is 0 Å². The van der Waals surface area contributed by atoms with Gasteiger partial charge in [-0.3, -0.25) is 9.59 Å². The molecule has 2 amide bonds. The van der Waals surface area contributed by atoms with E-state index in [1.165, 1.54) is 32.1 Å². The van der Waals surface area contributed by atoms with Crippen LogP contribution in [0.5, 0.6) is 0 Å². The summed E-state index contributed by atoms with van der Waals surface area (Å²) in [5.41, 5.74) is 5.46. The number of amides is 2. The van der Waals surface area contributed by atoms with Crippen molar-refractivity contribution in [1.29, 1.82) is 0 Å². The third kappa shape index (κ3) is 6.28. The lowest BCUT2D eigenvalue weighted by Crippen LogP contribution is -2.48. The highest BCUT2D eigenvalue weighted by molar-refractivity contribution is 5.82. The molecule has 1 aliphatic carbocycles. The summed E-state index contributed by atoms with van der Waals surface area (Å²) in [5, 5.41) is 2.88. The topological polar surface area (TPSA) is 75.4 Å². The molecule has 144 valence electrons. The number of rotatable bonds is 8. The van der Waals surface area contributed by atoms with Gasteiger partial charge < -0.3 is 16.0 Å². The van der Waals surface area contributed by atoms with Gasteiger partial charge in [0.2, 0.25) is 11.8 Å². The van der Waals surface area contributed by atoms with Crippen LogP contribution in [0, 0.1) is 17.8 Å². The van der Waals surface area contributed by atoms with Gasteiger partial charge in [-0.15, -0.1) is 0 Å². The van der Waals surface area contributed by atoms with Crippen molar-refractivity contribution in [2.75, 3.05) is 26.2 Å². The van der Waals surface area contributed by atoms with Gasteiger partial charge in [-0.2, -0.15) is 0 Å². The lowest BCUT2D eigenvalue weighted by Gasteiger charge is -2.35. The van der Waals surface area contributed by atoms with E-state index in [-0.39, 0.29) is 17.7 Å². The fraction of sp³-hybridized carbons (Fsp3) is 0.900. The number of nitrogens with zero attached hydrogens (tertiary/aromatic N) is 1. The molecule has 3 N–H and O–H groups in total. The minimum absolute atomic E-state index is 0.0577. The van der Waals surface area contributed by atoms with Crippen LogP contribution in [0.25, 0.3) is 0 Å². The second-order valence-electron chi connectivity index (χ2n) is 7.93. The van der Waals surface area contributed by atoms with Crippen LogP contribution in [0.2, 0.25) is 0 Å². The molecule has 1 saturated carbocycles. The van der Waals surface area contributed by atoms with Crippen molar-refractivity contribution in [2.24, 2.45) is 23.5 Å². The maximum Gasteiger partial charge on any atom is 0.225 e. The molecule has 2 aliphatic rings. The van der Waals surface area contributed by atoms with Crippen molar-refractivity contribution >= 4 is 11.8 Å². The number of hydrogen-bond acceptors (Lipinski definition) is 3. The number of likely N-dealkylation sites (tertiary alicyclic amines) is 1. The van der Waals surface area contributed by atoms with E-state index in [2.05, 4.69) is 12.2 Å². The Balaban J connectivity index is 1.91. The van der Waals surface area contributed by atoms with E-state index in [9.17, 15) is 9.59 Å². The van der Waals surface area contributed by atoms with Crippen molar-refractivity contribution in [1.82, 2.24) is 10.2 Å². The smallest absolute Gasteiger partial charge is 0.225 e. The van der Waals surface area contributed by atoms with Gasteiger partial charge in [-0.25, -0.2) is 0 Å². The fourth-order valence-electron chi connectivity index (χ4n) is 4.51. The molecule has 0 aromatic carbocycles. The van der Waals surface area contributed by atoms with Crippen LogP contribution in [-0.4, -0.2) is 42.9 Å². The van der Waals surface area contributed by atoms with E-state index < -0.39 is 0 Å². The second-order valence-corrected chi connectivity index (χ2v) is 7.93. The van der Waals surface area contributed by atoms with Crippen LogP contribution in [-0.2, 0) is 9.59 Å². The average Bonchev–Trinajstić information content (AvgIpc) is 2.66. The first-order chi connectivity index (χ1) is 12.2. The molecule has 5 heteroatoms. The summed E-state index contributed by atoms with van der Waals surface area (Å²) in [4.78, 5) is 27.3. The molecular weight excluding hydrogens is 314 g/mol. The van der Waals surface area contributed by atoms with Crippen molar-refractivity contribution in [3.05, 3.63) is 0 Å². The van der Waals surface area contributed by atoms with Gasteiger partial charge in [0.1, 0.15) is 0 Å². The number of hydrogen-bond donors (Lipinski definition) is 2. The van der Waals surface area contributed by atoms with Crippen molar-refractivity contribution in [3.63, 3.8) is 0 Å². The third-order valence-corrected chi connectivity index (χ3v) is 5.88. The average molecular weight is 352 g/mol. The van der Waals surface area contributed by atoms with Gasteiger partial charge in [0, 0.05) is 32.1 Å². The Labute approximate surface area is 153 Å². The molecule has 0 spiro atoms. The number of carbonyl (C=O) groups is 2. The molecule has 0 aromatic rings. The molecule has 5 nitrogen and oxygen atoms in total. The molecule has 0 aromatic heterocycles. The minimum atomic E-state index is -0.0683. The number of carbonyl (C=O) groups excluding carboxylic acids is 2. The summed E-state index contributed by atoms with van der Waals surface area (Å²) < 4.78 is 0.